The van der Waals surface area contributed by atoms with Crippen LogP contribution < -0.4 is 5.32 Å². The van der Waals surface area contributed by atoms with Gasteiger partial charge in [-0.3, -0.25) is 4.79 Å². The van der Waals surface area contributed by atoms with Gasteiger partial charge in [0.05, 0.1) is 5.56 Å². The van der Waals surface area contributed by atoms with Crippen molar-refractivity contribution in [2.24, 2.45) is 0 Å². The van der Waals surface area contributed by atoms with Crippen LogP contribution in [0.5, 0.6) is 5.75 Å². The van der Waals surface area contributed by atoms with Gasteiger partial charge in [-0.25, -0.2) is 4.79 Å². The van der Waals surface area contributed by atoms with E-state index in [0.717, 1.165) is 5.56 Å². The minimum absolute atomic E-state index is 0.0310. The minimum Gasteiger partial charge on any atom is -0.508 e. The molecule has 0 saturated carbocycles. The van der Waals surface area contributed by atoms with Gasteiger partial charge >= 0.3 is 5.97 Å². The summed E-state index contributed by atoms with van der Waals surface area (Å²) < 4.78 is 0. The Hall–Kier alpha value is -2.82. The number of carboxylic acid groups (broad SMARTS) is 1. The summed E-state index contributed by atoms with van der Waals surface area (Å²) in [6.07, 6.45) is 0. The van der Waals surface area contributed by atoms with E-state index in [1.165, 1.54) is 24.3 Å². The lowest BCUT2D eigenvalue weighted by Gasteiger charge is -2.06. The smallest absolute Gasteiger partial charge is 0.335 e. The molecule has 0 unspecified atom stereocenters. The van der Waals surface area contributed by atoms with Crippen LogP contribution in [0.2, 0.25) is 0 Å². The average molecular weight is 271 g/mol. The van der Waals surface area contributed by atoms with E-state index in [9.17, 15) is 14.7 Å². The van der Waals surface area contributed by atoms with Crippen molar-refractivity contribution in [1.29, 1.82) is 0 Å². The molecule has 2 aromatic carbocycles. The number of phenolic OH excluding ortho intramolecular Hbond substituents is 1. The Labute approximate surface area is 115 Å². The molecule has 0 heterocycles. The van der Waals surface area contributed by atoms with Crippen LogP contribution in [0.15, 0.2) is 48.5 Å². The number of phenols is 1. The molecule has 0 spiro atoms. The first-order chi connectivity index (χ1) is 9.56. The molecule has 0 aliphatic heterocycles. The first-order valence-corrected chi connectivity index (χ1v) is 5.96. The lowest BCUT2D eigenvalue weighted by atomic mass is 10.1. The van der Waals surface area contributed by atoms with Crippen molar-refractivity contribution in [2.45, 2.75) is 6.54 Å². The quantitative estimate of drug-likeness (QED) is 0.794. The number of carboxylic acids is 1. The van der Waals surface area contributed by atoms with Gasteiger partial charge in [-0.05, 0) is 35.9 Å². The van der Waals surface area contributed by atoms with E-state index in [2.05, 4.69) is 5.32 Å². The number of aromatic hydroxyl groups is 1. The number of carbonyl (C=O) groups is 2. The lowest BCUT2D eigenvalue weighted by molar-refractivity contribution is 0.0696. The fourth-order valence-electron chi connectivity index (χ4n) is 1.70. The maximum atomic E-state index is 11.8. The maximum Gasteiger partial charge on any atom is 0.335 e. The molecule has 102 valence electrons. The molecule has 0 aliphatic carbocycles. The zero-order valence-corrected chi connectivity index (χ0v) is 10.5. The minimum atomic E-state index is -0.986. The molecule has 5 heteroatoms. The molecule has 0 aliphatic rings. The lowest BCUT2D eigenvalue weighted by Crippen LogP contribution is -2.22. The normalized spacial score (nSPS) is 10.0. The van der Waals surface area contributed by atoms with E-state index in [1.807, 2.05) is 0 Å². The predicted molar refractivity (Wildman–Crippen MR) is 72.7 cm³/mol. The highest BCUT2D eigenvalue weighted by Gasteiger charge is 2.06. The summed E-state index contributed by atoms with van der Waals surface area (Å²) in [5, 5.41) is 20.8. The Morgan fingerprint density at radius 3 is 2.30 bits per heavy atom. The molecular weight excluding hydrogens is 258 g/mol. The Balaban J connectivity index is 1.98. The highest BCUT2D eigenvalue weighted by molar-refractivity contribution is 5.94. The van der Waals surface area contributed by atoms with Gasteiger partial charge in [-0.15, -0.1) is 0 Å². The van der Waals surface area contributed by atoms with Crippen LogP contribution in [-0.4, -0.2) is 22.1 Å². The third-order valence-corrected chi connectivity index (χ3v) is 2.76. The highest BCUT2D eigenvalue weighted by Crippen LogP contribution is 2.11. The molecule has 0 fully saturated rings. The van der Waals surface area contributed by atoms with Crippen LogP contribution in [0.1, 0.15) is 26.3 Å². The summed E-state index contributed by atoms with van der Waals surface area (Å²) >= 11 is 0. The molecule has 2 aromatic rings. The average Bonchev–Trinajstić information content (AvgIpc) is 2.45. The zero-order chi connectivity index (χ0) is 14.5. The van der Waals surface area contributed by atoms with E-state index in [0.29, 0.717) is 5.56 Å². The topological polar surface area (TPSA) is 86.6 Å². The van der Waals surface area contributed by atoms with Gasteiger partial charge in [0.15, 0.2) is 0 Å². The van der Waals surface area contributed by atoms with Gasteiger partial charge in [0.25, 0.3) is 5.91 Å². The van der Waals surface area contributed by atoms with E-state index in [1.54, 1.807) is 24.3 Å². The standard InChI is InChI=1S/C15H13NO4/c17-13-3-1-2-12(8-13)14(18)16-9-10-4-6-11(7-5-10)15(19)20/h1-8,17H,9H2,(H,16,18)(H,19,20). The molecule has 0 radical (unpaired) electrons. The Bertz CT molecular complexity index is 635. The van der Waals surface area contributed by atoms with Crippen LogP contribution in [0.3, 0.4) is 0 Å². The number of hydrogen-bond donors (Lipinski definition) is 3. The summed E-state index contributed by atoms with van der Waals surface area (Å²) in [7, 11) is 0. The van der Waals surface area contributed by atoms with Crippen LogP contribution >= 0.6 is 0 Å². The first-order valence-electron chi connectivity index (χ1n) is 5.96. The molecule has 0 saturated heterocycles. The van der Waals surface area contributed by atoms with Gasteiger partial charge in [0.1, 0.15) is 5.75 Å². The second kappa shape index (κ2) is 5.88. The Morgan fingerprint density at radius 1 is 1.00 bits per heavy atom. The number of hydrogen-bond acceptors (Lipinski definition) is 3. The molecule has 5 nitrogen and oxygen atoms in total. The van der Waals surface area contributed by atoms with Crippen molar-refractivity contribution in [3.63, 3.8) is 0 Å². The van der Waals surface area contributed by atoms with Gasteiger partial charge in [-0.2, -0.15) is 0 Å². The van der Waals surface area contributed by atoms with Crippen LogP contribution in [0.25, 0.3) is 0 Å². The van der Waals surface area contributed by atoms with E-state index < -0.39 is 5.97 Å². The van der Waals surface area contributed by atoms with E-state index in [-0.39, 0.29) is 23.8 Å². The van der Waals surface area contributed by atoms with Crippen LogP contribution in [0.4, 0.5) is 0 Å². The van der Waals surface area contributed by atoms with Crippen molar-refractivity contribution in [2.75, 3.05) is 0 Å². The maximum absolute atomic E-state index is 11.8. The van der Waals surface area contributed by atoms with Gasteiger partial charge in [0, 0.05) is 12.1 Å². The zero-order valence-electron chi connectivity index (χ0n) is 10.5. The van der Waals surface area contributed by atoms with Gasteiger partial charge < -0.3 is 15.5 Å². The fourth-order valence-corrected chi connectivity index (χ4v) is 1.70. The third kappa shape index (κ3) is 3.35. The summed E-state index contributed by atoms with van der Waals surface area (Å²) in [5.74, 6) is -1.26. The number of amides is 1. The monoisotopic (exact) mass is 271 g/mol. The van der Waals surface area contributed by atoms with E-state index in [4.69, 9.17) is 5.11 Å². The van der Waals surface area contributed by atoms with Gasteiger partial charge in [-0.1, -0.05) is 18.2 Å². The number of benzene rings is 2. The van der Waals surface area contributed by atoms with Crippen LogP contribution in [-0.2, 0) is 6.54 Å². The third-order valence-electron chi connectivity index (χ3n) is 2.76. The predicted octanol–water partition coefficient (Wildman–Crippen LogP) is 2.02. The number of rotatable bonds is 4. The van der Waals surface area contributed by atoms with Crippen molar-refractivity contribution in [3.8, 4) is 5.75 Å². The molecule has 0 aromatic heterocycles. The van der Waals surface area contributed by atoms with Crippen LogP contribution in [0, 0.1) is 0 Å². The molecule has 0 bridgehead atoms. The molecular formula is C15H13NO4. The fraction of sp³-hybridized carbons (Fsp3) is 0.0667. The van der Waals surface area contributed by atoms with E-state index >= 15 is 0 Å². The number of carbonyl (C=O) groups excluding carboxylic acids is 1. The SMILES string of the molecule is O=C(O)c1ccc(CNC(=O)c2cccc(O)c2)cc1. The second-order valence-electron chi connectivity index (χ2n) is 4.24. The summed E-state index contributed by atoms with van der Waals surface area (Å²) in [4.78, 5) is 22.5. The number of nitrogens with one attached hydrogen (secondary N) is 1. The molecule has 0 atom stereocenters. The summed E-state index contributed by atoms with van der Waals surface area (Å²) in [6, 6.07) is 12.3. The molecule has 2 rings (SSSR count). The molecule has 3 N–H and O–H groups in total. The number of aromatic carboxylic acids is 1. The Morgan fingerprint density at radius 2 is 1.70 bits per heavy atom. The van der Waals surface area contributed by atoms with Crippen molar-refractivity contribution >= 4 is 11.9 Å². The summed E-state index contributed by atoms with van der Waals surface area (Å²) in [5.41, 5.74) is 1.36. The van der Waals surface area contributed by atoms with Gasteiger partial charge in [0.2, 0.25) is 0 Å². The molecule has 1 amide bonds. The van der Waals surface area contributed by atoms with Crippen molar-refractivity contribution < 1.29 is 19.8 Å². The summed E-state index contributed by atoms with van der Waals surface area (Å²) in [6.45, 7) is 0.286. The molecule has 20 heavy (non-hydrogen) atoms. The second-order valence-corrected chi connectivity index (χ2v) is 4.24. The largest absolute Gasteiger partial charge is 0.508 e. The van der Waals surface area contributed by atoms with Crippen molar-refractivity contribution in [1.82, 2.24) is 5.32 Å². The Kier molecular flexibility index (Phi) is 4.00. The first kappa shape index (κ1) is 13.6. The highest BCUT2D eigenvalue weighted by atomic mass is 16.4. The van der Waals surface area contributed by atoms with Crippen molar-refractivity contribution in [3.05, 3.63) is 65.2 Å².